The second-order valence-corrected chi connectivity index (χ2v) is 8.07. The minimum Gasteiger partial charge on any atom is -0.345 e. The predicted octanol–water partition coefficient (Wildman–Crippen LogP) is 3.28. The lowest BCUT2D eigenvalue weighted by atomic mass is 9.87. The fourth-order valence-electron chi connectivity index (χ4n) is 3.54. The number of H-pyrrole nitrogens is 1. The van der Waals surface area contributed by atoms with Gasteiger partial charge in [0, 0.05) is 13.6 Å². The van der Waals surface area contributed by atoms with E-state index in [-0.39, 0.29) is 11.1 Å². The number of rotatable bonds is 4. The number of hydrogen-bond acceptors (Lipinski definition) is 4. The van der Waals surface area contributed by atoms with Crippen LogP contribution in [0, 0.1) is 5.92 Å². The predicted molar refractivity (Wildman–Crippen MR) is 97.6 cm³/mol. The van der Waals surface area contributed by atoms with E-state index >= 15 is 0 Å². The van der Waals surface area contributed by atoms with Crippen molar-refractivity contribution in [1.29, 1.82) is 0 Å². The summed E-state index contributed by atoms with van der Waals surface area (Å²) in [6.07, 6.45) is 9.56. The van der Waals surface area contributed by atoms with E-state index < -0.39 is 0 Å². The summed E-state index contributed by atoms with van der Waals surface area (Å²) in [5, 5.41) is 4.91. The molecular formula is C18H29N5O. The zero-order chi connectivity index (χ0) is 17.3. The molecule has 0 aliphatic heterocycles. The summed E-state index contributed by atoms with van der Waals surface area (Å²) in [7, 11) is 2.00. The van der Waals surface area contributed by atoms with E-state index in [1.165, 1.54) is 32.1 Å². The van der Waals surface area contributed by atoms with Crippen molar-refractivity contribution in [3.05, 3.63) is 16.6 Å². The summed E-state index contributed by atoms with van der Waals surface area (Å²) in [6, 6.07) is 0. The highest BCUT2D eigenvalue weighted by atomic mass is 16.1. The van der Waals surface area contributed by atoms with Gasteiger partial charge < -0.3 is 4.90 Å². The standard InChI is InChI=1S/C18H29N5O/c1-18(2,3)23-15-14(12-19-23)16(24)21-17(20-15)22(4)11-10-13-8-6-5-7-9-13/h12-13H,5-11H2,1-4H3,(H,20,21,24). The van der Waals surface area contributed by atoms with Gasteiger partial charge in [-0.2, -0.15) is 10.1 Å². The van der Waals surface area contributed by atoms with Gasteiger partial charge in [0.1, 0.15) is 5.39 Å². The van der Waals surface area contributed by atoms with Crippen LogP contribution in [0.2, 0.25) is 0 Å². The summed E-state index contributed by atoms with van der Waals surface area (Å²) >= 11 is 0. The third-order valence-corrected chi connectivity index (χ3v) is 5.02. The molecule has 0 bridgehead atoms. The molecule has 0 aromatic carbocycles. The number of fused-ring (bicyclic) bond motifs is 1. The zero-order valence-electron chi connectivity index (χ0n) is 15.3. The van der Waals surface area contributed by atoms with Gasteiger partial charge in [0.05, 0.1) is 11.7 Å². The van der Waals surface area contributed by atoms with Crippen molar-refractivity contribution in [2.24, 2.45) is 5.92 Å². The van der Waals surface area contributed by atoms with Gasteiger partial charge in [-0.15, -0.1) is 0 Å². The molecule has 0 atom stereocenters. The van der Waals surface area contributed by atoms with Crippen LogP contribution in [0.5, 0.6) is 0 Å². The SMILES string of the molecule is CN(CCC1CCCCC1)c1nc2c(cnn2C(C)(C)C)c(=O)[nH]1. The summed E-state index contributed by atoms with van der Waals surface area (Å²) in [5.74, 6) is 1.45. The summed E-state index contributed by atoms with van der Waals surface area (Å²) in [6.45, 7) is 7.11. The van der Waals surface area contributed by atoms with Crippen molar-refractivity contribution in [3.63, 3.8) is 0 Å². The van der Waals surface area contributed by atoms with Crippen LogP contribution in [0.4, 0.5) is 5.95 Å². The van der Waals surface area contributed by atoms with Gasteiger partial charge in [-0.05, 0) is 33.1 Å². The van der Waals surface area contributed by atoms with Gasteiger partial charge in [-0.3, -0.25) is 9.78 Å². The highest BCUT2D eigenvalue weighted by Crippen LogP contribution is 2.26. The van der Waals surface area contributed by atoms with Crippen LogP contribution in [0.3, 0.4) is 0 Å². The molecule has 24 heavy (non-hydrogen) atoms. The van der Waals surface area contributed by atoms with Crippen LogP contribution < -0.4 is 10.5 Å². The molecule has 1 aliphatic rings. The number of hydrogen-bond donors (Lipinski definition) is 1. The lowest BCUT2D eigenvalue weighted by Gasteiger charge is -2.25. The molecule has 1 aliphatic carbocycles. The highest BCUT2D eigenvalue weighted by molar-refractivity contribution is 5.74. The third-order valence-electron chi connectivity index (χ3n) is 5.02. The van der Waals surface area contributed by atoms with Gasteiger partial charge in [-0.1, -0.05) is 32.1 Å². The first kappa shape index (κ1) is 17.0. The van der Waals surface area contributed by atoms with E-state index in [1.807, 2.05) is 11.7 Å². The second-order valence-electron chi connectivity index (χ2n) is 8.07. The van der Waals surface area contributed by atoms with E-state index in [0.29, 0.717) is 17.0 Å². The largest absolute Gasteiger partial charge is 0.345 e. The first-order chi connectivity index (χ1) is 11.4. The highest BCUT2D eigenvalue weighted by Gasteiger charge is 2.21. The van der Waals surface area contributed by atoms with E-state index in [2.05, 4.69) is 35.8 Å². The Kier molecular flexibility index (Phi) is 4.65. The zero-order valence-corrected chi connectivity index (χ0v) is 15.3. The van der Waals surface area contributed by atoms with Gasteiger partial charge >= 0.3 is 0 Å². The summed E-state index contributed by atoms with van der Waals surface area (Å²) in [4.78, 5) is 22.0. The third kappa shape index (κ3) is 3.47. The molecule has 132 valence electrons. The van der Waals surface area contributed by atoms with E-state index in [9.17, 15) is 4.79 Å². The fraction of sp³-hybridized carbons (Fsp3) is 0.722. The van der Waals surface area contributed by atoms with Crippen LogP contribution in [0.25, 0.3) is 11.0 Å². The lowest BCUT2D eigenvalue weighted by Crippen LogP contribution is -2.28. The topological polar surface area (TPSA) is 66.8 Å². The molecule has 2 heterocycles. The minimum atomic E-state index is -0.208. The van der Waals surface area contributed by atoms with Crippen LogP contribution in [-0.2, 0) is 5.54 Å². The van der Waals surface area contributed by atoms with Gasteiger partial charge in [0.15, 0.2) is 5.65 Å². The van der Waals surface area contributed by atoms with Gasteiger partial charge in [-0.25, -0.2) is 4.68 Å². The minimum absolute atomic E-state index is 0.116. The smallest absolute Gasteiger partial charge is 0.263 e. The molecule has 3 rings (SSSR count). The Morgan fingerprint density at radius 3 is 2.67 bits per heavy atom. The van der Waals surface area contributed by atoms with Crippen LogP contribution in [-0.4, -0.2) is 33.3 Å². The molecule has 6 heteroatoms. The Bertz CT molecular complexity index is 749. The van der Waals surface area contributed by atoms with Crippen molar-refractivity contribution >= 4 is 17.0 Å². The second kappa shape index (κ2) is 6.57. The molecule has 1 N–H and O–H groups in total. The Morgan fingerprint density at radius 2 is 2.00 bits per heavy atom. The molecule has 0 unspecified atom stereocenters. The number of aromatic nitrogens is 4. The molecule has 0 spiro atoms. The van der Waals surface area contributed by atoms with Gasteiger partial charge in [0.25, 0.3) is 5.56 Å². The average Bonchev–Trinajstić information content (AvgIpc) is 2.98. The molecule has 6 nitrogen and oxygen atoms in total. The Balaban J connectivity index is 1.82. The van der Waals surface area contributed by atoms with Crippen LogP contribution in [0.1, 0.15) is 59.3 Å². The Hall–Kier alpha value is -1.85. The maximum absolute atomic E-state index is 12.4. The molecular weight excluding hydrogens is 302 g/mol. The molecule has 1 fully saturated rings. The lowest BCUT2D eigenvalue weighted by molar-refractivity contribution is 0.341. The number of anilines is 1. The maximum atomic E-state index is 12.4. The van der Waals surface area contributed by atoms with Gasteiger partial charge in [0.2, 0.25) is 5.95 Å². The normalized spacial score (nSPS) is 16.7. The van der Waals surface area contributed by atoms with Crippen molar-refractivity contribution in [2.45, 2.75) is 64.8 Å². The fourth-order valence-corrected chi connectivity index (χ4v) is 3.54. The van der Waals surface area contributed by atoms with Crippen molar-refractivity contribution in [3.8, 4) is 0 Å². The first-order valence-electron chi connectivity index (χ1n) is 9.06. The van der Waals surface area contributed by atoms with Crippen LogP contribution in [0.15, 0.2) is 11.0 Å². The van der Waals surface area contributed by atoms with Crippen molar-refractivity contribution < 1.29 is 0 Å². The van der Waals surface area contributed by atoms with Crippen molar-refractivity contribution in [2.75, 3.05) is 18.5 Å². The summed E-state index contributed by atoms with van der Waals surface area (Å²) < 4.78 is 1.83. The van der Waals surface area contributed by atoms with E-state index in [1.54, 1.807) is 6.20 Å². The molecule has 1 saturated carbocycles. The molecule has 2 aromatic heterocycles. The first-order valence-corrected chi connectivity index (χ1v) is 9.06. The van der Waals surface area contributed by atoms with Crippen LogP contribution >= 0.6 is 0 Å². The molecule has 2 aromatic rings. The monoisotopic (exact) mass is 331 g/mol. The summed E-state index contributed by atoms with van der Waals surface area (Å²) in [5.41, 5.74) is 0.335. The molecule has 0 saturated heterocycles. The quantitative estimate of drug-likeness (QED) is 0.933. The average molecular weight is 331 g/mol. The van der Waals surface area contributed by atoms with E-state index in [0.717, 1.165) is 18.9 Å². The molecule has 0 amide bonds. The van der Waals surface area contributed by atoms with E-state index in [4.69, 9.17) is 4.98 Å². The Labute approximate surface area is 143 Å². The Morgan fingerprint density at radius 1 is 1.29 bits per heavy atom. The number of nitrogens with zero attached hydrogens (tertiary/aromatic N) is 4. The number of aromatic amines is 1. The maximum Gasteiger partial charge on any atom is 0.263 e. The number of nitrogens with one attached hydrogen (secondary N) is 1. The molecule has 0 radical (unpaired) electrons. The van der Waals surface area contributed by atoms with Crippen molar-refractivity contribution in [1.82, 2.24) is 19.7 Å².